The molecule has 1 heterocycles. The van der Waals surface area contributed by atoms with E-state index in [0.29, 0.717) is 18.5 Å². The molecule has 92 valence electrons. The normalized spacial score (nSPS) is 25.9. The van der Waals surface area contributed by atoms with Crippen LogP contribution in [0.1, 0.15) is 32.1 Å². The minimum absolute atomic E-state index is 0.203. The van der Waals surface area contributed by atoms with E-state index in [9.17, 15) is 4.79 Å². The van der Waals surface area contributed by atoms with Crippen LogP contribution in [-0.4, -0.2) is 49.6 Å². The fraction of sp³-hybridized carbons (Fsp3) is 0.917. The van der Waals surface area contributed by atoms with Crippen LogP contribution in [0.25, 0.3) is 0 Å². The van der Waals surface area contributed by atoms with Gasteiger partial charge in [0.15, 0.2) is 0 Å². The van der Waals surface area contributed by atoms with E-state index in [1.54, 1.807) is 0 Å². The first-order chi connectivity index (χ1) is 7.75. The van der Waals surface area contributed by atoms with Crippen molar-refractivity contribution < 1.29 is 4.79 Å². The Morgan fingerprint density at radius 1 is 1.38 bits per heavy atom. The lowest BCUT2D eigenvalue weighted by Crippen LogP contribution is -2.37. The van der Waals surface area contributed by atoms with Crippen molar-refractivity contribution >= 4 is 5.91 Å². The van der Waals surface area contributed by atoms with Crippen molar-refractivity contribution in [1.29, 1.82) is 0 Å². The molecule has 1 aliphatic carbocycles. The Balaban J connectivity index is 1.49. The molecular formula is C12H23N3O. The first kappa shape index (κ1) is 11.9. The summed E-state index contributed by atoms with van der Waals surface area (Å²) >= 11 is 0. The molecule has 0 spiro atoms. The largest absolute Gasteiger partial charge is 0.353 e. The summed E-state index contributed by atoms with van der Waals surface area (Å²) in [5.74, 6) is 0.203. The number of amides is 1. The van der Waals surface area contributed by atoms with Gasteiger partial charge in [-0.15, -0.1) is 0 Å². The van der Waals surface area contributed by atoms with Crippen molar-refractivity contribution in [3.05, 3.63) is 0 Å². The monoisotopic (exact) mass is 225 g/mol. The summed E-state index contributed by atoms with van der Waals surface area (Å²) in [6.07, 6.45) is 5.56. The van der Waals surface area contributed by atoms with E-state index in [1.165, 1.54) is 32.2 Å². The minimum Gasteiger partial charge on any atom is -0.353 e. The van der Waals surface area contributed by atoms with Crippen molar-refractivity contribution in [1.82, 2.24) is 15.5 Å². The fourth-order valence-corrected chi connectivity index (χ4v) is 2.24. The fourth-order valence-electron chi connectivity index (χ4n) is 2.24. The quantitative estimate of drug-likeness (QED) is 0.641. The minimum atomic E-state index is 0.203. The van der Waals surface area contributed by atoms with Gasteiger partial charge in [-0.1, -0.05) is 0 Å². The Kier molecular flexibility index (Phi) is 4.18. The predicted octanol–water partition coefficient (Wildman–Crippen LogP) is 0.339. The number of likely N-dealkylation sites (N-methyl/N-ethyl adjacent to an activating group) is 1. The van der Waals surface area contributed by atoms with Gasteiger partial charge in [0.25, 0.3) is 0 Å². The topological polar surface area (TPSA) is 44.4 Å². The first-order valence-electron chi connectivity index (χ1n) is 6.46. The van der Waals surface area contributed by atoms with Gasteiger partial charge < -0.3 is 15.5 Å². The van der Waals surface area contributed by atoms with Gasteiger partial charge in [-0.2, -0.15) is 0 Å². The Bertz CT molecular complexity index is 240. The van der Waals surface area contributed by atoms with Crippen LogP contribution in [0, 0.1) is 0 Å². The van der Waals surface area contributed by atoms with Gasteiger partial charge >= 0.3 is 0 Å². The number of likely N-dealkylation sites (tertiary alicyclic amines) is 1. The molecule has 1 amide bonds. The smallest absolute Gasteiger partial charge is 0.221 e. The lowest BCUT2D eigenvalue weighted by molar-refractivity contribution is -0.121. The predicted molar refractivity (Wildman–Crippen MR) is 64.3 cm³/mol. The van der Waals surface area contributed by atoms with Crippen molar-refractivity contribution in [3.63, 3.8) is 0 Å². The van der Waals surface area contributed by atoms with Crippen molar-refractivity contribution in [3.8, 4) is 0 Å². The van der Waals surface area contributed by atoms with Crippen LogP contribution in [0.15, 0.2) is 0 Å². The number of nitrogens with zero attached hydrogens (tertiary/aromatic N) is 1. The van der Waals surface area contributed by atoms with Crippen LogP contribution < -0.4 is 10.6 Å². The van der Waals surface area contributed by atoms with Gasteiger partial charge in [0.1, 0.15) is 0 Å². The maximum Gasteiger partial charge on any atom is 0.221 e. The standard InChI is InChI=1S/C12H23N3O/c1-15-8-2-3-11(15)9-13-7-6-12(16)14-10-4-5-10/h10-11,13H,2-9H2,1H3,(H,14,16). The molecule has 2 fully saturated rings. The third-order valence-corrected chi connectivity index (χ3v) is 3.52. The molecule has 4 nitrogen and oxygen atoms in total. The maximum absolute atomic E-state index is 11.4. The molecule has 2 aliphatic rings. The van der Waals surface area contributed by atoms with Gasteiger partial charge in [-0.3, -0.25) is 4.79 Å². The third kappa shape index (κ3) is 3.76. The molecule has 0 aromatic rings. The molecular weight excluding hydrogens is 202 g/mol. The second-order valence-electron chi connectivity index (χ2n) is 5.07. The van der Waals surface area contributed by atoms with Crippen molar-refractivity contribution in [2.24, 2.45) is 0 Å². The highest BCUT2D eigenvalue weighted by Gasteiger charge is 2.23. The van der Waals surface area contributed by atoms with Crippen LogP contribution in [0.2, 0.25) is 0 Å². The number of rotatable bonds is 6. The molecule has 1 saturated carbocycles. The Hall–Kier alpha value is -0.610. The van der Waals surface area contributed by atoms with Crippen LogP contribution in [0.3, 0.4) is 0 Å². The Morgan fingerprint density at radius 2 is 2.19 bits per heavy atom. The summed E-state index contributed by atoms with van der Waals surface area (Å²) < 4.78 is 0. The molecule has 0 radical (unpaired) electrons. The number of carbonyl (C=O) groups is 1. The van der Waals surface area contributed by atoms with Crippen LogP contribution in [0.4, 0.5) is 0 Å². The van der Waals surface area contributed by atoms with Gasteiger partial charge in [0.2, 0.25) is 5.91 Å². The second-order valence-corrected chi connectivity index (χ2v) is 5.07. The third-order valence-electron chi connectivity index (χ3n) is 3.52. The first-order valence-corrected chi connectivity index (χ1v) is 6.46. The van der Waals surface area contributed by atoms with Gasteiger partial charge in [-0.05, 0) is 39.3 Å². The maximum atomic E-state index is 11.4. The van der Waals surface area contributed by atoms with Crippen LogP contribution >= 0.6 is 0 Å². The molecule has 4 heteroatoms. The highest BCUT2D eigenvalue weighted by atomic mass is 16.1. The summed E-state index contributed by atoms with van der Waals surface area (Å²) in [5.41, 5.74) is 0. The Labute approximate surface area is 97.8 Å². The van der Waals surface area contributed by atoms with Gasteiger partial charge in [0, 0.05) is 31.6 Å². The molecule has 16 heavy (non-hydrogen) atoms. The van der Waals surface area contributed by atoms with Crippen molar-refractivity contribution in [2.75, 3.05) is 26.7 Å². The summed E-state index contributed by atoms with van der Waals surface area (Å²) in [6.45, 7) is 3.05. The molecule has 0 aromatic heterocycles. The molecule has 1 aliphatic heterocycles. The summed E-state index contributed by atoms with van der Waals surface area (Å²) in [4.78, 5) is 13.8. The number of carbonyl (C=O) groups excluding carboxylic acids is 1. The lowest BCUT2D eigenvalue weighted by atomic mass is 10.2. The average Bonchev–Trinajstić information content (AvgIpc) is 2.96. The molecule has 0 aromatic carbocycles. The zero-order valence-corrected chi connectivity index (χ0v) is 10.2. The van der Waals surface area contributed by atoms with Crippen LogP contribution in [0.5, 0.6) is 0 Å². The zero-order valence-electron chi connectivity index (χ0n) is 10.2. The van der Waals surface area contributed by atoms with Crippen LogP contribution in [-0.2, 0) is 4.79 Å². The average molecular weight is 225 g/mol. The van der Waals surface area contributed by atoms with E-state index >= 15 is 0 Å². The van der Waals surface area contributed by atoms with E-state index in [4.69, 9.17) is 0 Å². The van der Waals surface area contributed by atoms with Crippen molar-refractivity contribution in [2.45, 2.75) is 44.2 Å². The molecule has 0 bridgehead atoms. The van der Waals surface area contributed by atoms with E-state index in [1.807, 2.05) is 0 Å². The zero-order chi connectivity index (χ0) is 11.4. The van der Waals surface area contributed by atoms with E-state index in [0.717, 1.165) is 13.1 Å². The lowest BCUT2D eigenvalue weighted by Gasteiger charge is -2.19. The molecule has 2 rings (SSSR count). The van der Waals surface area contributed by atoms with Gasteiger partial charge in [-0.25, -0.2) is 0 Å². The summed E-state index contributed by atoms with van der Waals surface area (Å²) in [6, 6.07) is 1.17. The summed E-state index contributed by atoms with van der Waals surface area (Å²) in [5, 5.41) is 6.38. The molecule has 2 N–H and O–H groups in total. The highest BCUT2D eigenvalue weighted by molar-refractivity contribution is 5.76. The molecule has 1 saturated heterocycles. The highest BCUT2D eigenvalue weighted by Crippen LogP contribution is 2.18. The van der Waals surface area contributed by atoms with Gasteiger partial charge in [0.05, 0.1) is 0 Å². The SMILES string of the molecule is CN1CCCC1CNCCC(=O)NC1CC1. The van der Waals surface area contributed by atoms with E-state index in [-0.39, 0.29) is 5.91 Å². The second kappa shape index (κ2) is 5.64. The number of hydrogen-bond acceptors (Lipinski definition) is 3. The van der Waals surface area contributed by atoms with E-state index < -0.39 is 0 Å². The summed E-state index contributed by atoms with van der Waals surface area (Å²) in [7, 11) is 2.18. The Morgan fingerprint density at radius 3 is 2.81 bits per heavy atom. The molecule has 1 unspecified atom stereocenters. The number of hydrogen-bond donors (Lipinski definition) is 2. The van der Waals surface area contributed by atoms with E-state index in [2.05, 4.69) is 22.6 Å². The number of nitrogens with one attached hydrogen (secondary N) is 2. The molecule has 1 atom stereocenters.